The Morgan fingerprint density at radius 3 is 2.00 bits per heavy atom. The van der Waals surface area contributed by atoms with Gasteiger partial charge in [0.25, 0.3) is 0 Å². The molecule has 0 aliphatic rings. The smallest absolute Gasteiger partial charge is 0.207 e. The van der Waals surface area contributed by atoms with Crippen LogP contribution in [0, 0.1) is 0 Å². The van der Waals surface area contributed by atoms with Crippen LogP contribution in [0.4, 0.5) is 0 Å². The Bertz CT molecular complexity index is 455. The molecule has 2 aromatic carbocycles. The van der Waals surface area contributed by atoms with E-state index in [2.05, 4.69) is 0 Å². The summed E-state index contributed by atoms with van der Waals surface area (Å²) in [5.74, 6) is 0.785. The van der Waals surface area contributed by atoms with E-state index in [4.69, 9.17) is 16.3 Å². The molecule has 0 heterocycles. The van der Waals surface area contributed by atoms with Crippen LogP contribution in [-0.2, 0) is 5.06 Å². The quantitative estimate of drug-likeness (QED) is 0.719. The van der Waals surface area contributed by atoms with Crippen molar-refractivity contribution in [2.24, 2.45) is 0 Å². The number of hydrogen-bond donors (Lipinski definition) is 0. The minimum absolute atomic E-state index is 0.702. The maximum absolute atomic E-state index is 6.56. The average molecular weight is 247 g/mol. The van der Waals surface area contributed by atoms with Crippen molar-refractivity contribution in [3.05, 3.63) is 66.2 Å². The molecule has 0 aliphatic heterocycles. The van der Waals surface area contributed by atoms with E-state index in [1.807, 2.05) is 67.6 Å². The number of benzene rings is 2. The first-order chi connectivity index (χ1) is 8.24. The third-order valence-electron chi connectivity index (χ3n) is 2.68. The lowest BCUT2D eigenvalue weighted by Crippen LogP contribution is -2.25. The molecule has 0 aromatic heterocycles. The molecule has 0 saturated carbocycles. The highest BCUT2D eigenvalue weighted by atomic mass is 35.5. The molecule has 88 valence electrons. The molecule has 0 radical (unpaired) electrons. The van der Waals surface area contributed by atoms with Crippen molar-refractivity contribution in [1.29, 1.82) is 0 Å². The van der Waals surface area contributed by atoms with Gasteiger partial charge in [0.2, 0.25) is 5.06 Å². The van der Waals surface area contributed by atoms with E-state index in [1.165, 1.54) is 0 Å². The second kappa shape index (κ2) is 5.24. The maximum atomic E-state index is 6.56. The Balaban J connectivity index is 2.27. The minimum Gasteiger partial charge on any atom is -0.468 e. The highest BCUT2D eigenvalue weighted by molar-refractivity contribution is 6.23. The Morgan fingerprint density at radius 2 is 1.47 bits per heavy atom. The van der Waals surface area contributed by atoms with Crippen LogP contribution in [0.15, 0.2) is 60.7 Å². The number of rotatable bonds is 4. The normalized spacial score (nSPS) is 14.0. The highest BCUT2D eigenvalue weighted by Crippen LogP contribution is 2.35. The summed E-state index contributed by atoms with van der Waals surface area (Å²) < 4.78 is 5.90. The van der Waals surface area contributed by atoms with Gasteiger partial charge in [0.1, 0.15) is 5.75 Å². The van der Waals surface area contributed by atoms with Crippen molar-refractivity contribution in [1.82, 2.24) is 0 Å². The van der Waals surface area contributed by atoms with Crippen molar-refractivity contribution in [2.45, 2.75) is 18.4 Å². The summed E-state index contributed by atoms with van der Waals surface area (Å²) in [6.45, 7) is 2.02. The molecule has 0 spiro atoms. The van der Waals surface area contributed by atoms with Gasteiger partial charge in [0, 0.05) is 12.0 Å². The van der Waals surface area contributed by atoms with Crippen LogP contribution in [0.2, 0.25) is 0 Å². The third kappa shape index (κ3) is 2.80. The summed E-state index contributed by atoms with van der Waals surface area (Å²) in [6.07, 6.45) is 0.702. The molecule has 2 rings (SSSR count). The van der Waals surface area contributed by atoms with Crippen molar-refractivity contribution in [3.63, 3.8) is 0 Å². The van der Waals surface area contributed by atoms with Crippen LogP contribution >= 0.6 is 11.6 Å². The first kappa shape index (κ1) is 12.0. The summed E-state index contributed by atoms with van der Waals surface area (Å²) in [5.41, 5.74) is 0.980. The average Bonchev–Trinajstić information content (AvgIpc) is 2.41. The lowest BCUT2D eigenvalue weighted by atomic mass is 10.1. The Hall–Kier alpha value is -1.47. The standard InChI is InChI=1S/C15H15ClO/c1-2-15(16,13-9-5-3-6-10-13)17-14-11-7-4-8-12-14/h3-12H,2H2,1H3. The number of hydrogen-bond acceptors (Lipinski definition) is 1. The first-order valence-electron chi connectivity index (χ1n) is 5.73. The topological polar surface area (TPSA) is 9.23 Å². The molecule has 17 heavy (non-hydrogen) atoms. The number of para-hydroxylation sites is 1. The predicted octanol–water partition coefficient (Wildman–Crippen LogP) is 4.57. The zero-order valence-corrected chi connectivity index (χ0v) is 10.5. The molecule has 0 fully saturated rings. The monoisotopic (exact) mass is 246 g/mol. The fraction of sp³-hybridized carbons (Fsp3) is 0.200. The predicted molar refractivity (Wildman–Crippen MR) is 71.3 cm³/mol. The summed E-state index contributed by atoms with van der Waals surface area (Å²) >= 11 is 6.56. The van der Waals surface area contributed by atoms with E-state index in [0.29, 0.717) is 6.42 Å². The molecule has 0 amide bonds. The Morgan fingerprint density at radius 1 is 0.941 bits per heavy atom. The fourth-order valence-corrected chi connectivity index (χ4v) is 1.91. The van der Waals surface area contributed by atoms with Gasteiger partial charge in [-0.15, -0.1) is 0 Å². The van der Waals surface area contributed by atoms with Crippen LogP contribution in [-0.4, -0.2) is 0 Å². The summed E-state index contributed by atoms with van der Waals surface area (Å²) in [7, 11) is 0. The SMILES string of the molecule is CCC(Cl)(Oc1ccccc1)c1ccccc1. The zero-order chi connectivity index (χ0) is 12.1. The summed E-state index contributed by atoms with van der Waals surface area (Å²) in [4.78, 5) is 0. The van der Waals surface area contributed by atoms with E-state index in [-0.39, 0.29) is 0 Å². The molecular formula is C15H15ClO. The van der Waals surface area contributed by atoms with E-state index >= 15 is 0 Å². The highest BCUT2D eigenvalue weighted by Gasteiger charge is 2.29. The van der Waals surface area contributed by atoms with Crippen molar-refractivity contribution in [3.8, 4) is 5.75 Å². The maximum Gasteiger partial charge on any atom is 0.207 e. The van der Waals surface area contributed by atoms with Crippen LogP contribution in [0.25, 0.3) is 0 Å². The number of halogens is 1. The van der Waals surface area contributed by atoms with Crippen LogP contribution < -0.4 is 4.74 Å². The summed E-state index contributed by atoms with van der Waals surface area (Å²) in [5, 5.41) is -0.789. The van der Waals surface area contributed by atoms with Crippen LogP contribution in [0.1, 0.15) is 18.9 Å². The molecule has 0 saturated heterocycles. The van der Waals surface area contributed by atoms with Gasteiger partial charge < -0.3 is 4.74 Å². The molecule has 1 atom stereocenters. The molecule has 2 aromatic rings. The van der Waals surface area contributed by atoms with Gasteiger partial charge >= 0.3 is 0 Å². The van der Waals surface area contributed by atoms with E-state index in [9.17, 15) is 0 Å². The Labute approximate surface area is 107 Å². The molecular weight excluding hydrogens is 232 g/mol. The van der Waals surface area contributed by atoms with Crippen LogP contribution in [0.3, 0.4) is 0 Å². The largest absolute Gasteiger partial charge is 0.468 e. The van der Waals surface area contributed by atoms with E-state index < -0.39 is 5.06 Å². The molecule has 0 bridgehead atoms. The fourth-order valence-electron chi connectivity index (χ4n) is 1.70. The van der Waals surface area contributed by atoms with Gasteiger partial charge in [-0.25, -0.2) is 0 Å². The molecule has 2 heteroatoms. The van der Waals surface area contributed by atoms with Gasteiger partial charge in [0.15, 0.2) is 0 Å². The molecule has 1 nitrogen and oxygen atoms in total. The van der Waals surface area contributed by atoms with Gasteiger partial charge in [0.05, 0.1) is 0 Å². The van der Waals surface area contributed by atoms with E-state index in [0.717, 1.165) is 11.3 Å². The van der Waals surface area contributed by atoms with Crippen LogP contribution in [0.5, 0.6) is 5.75 Å². The van der Waals surface area contributed by atoms with E-state index in [1.54, 1.807) is 0 Å². The first-order valence-corrected chi connectivity index (χ1v) is 6.11. The number of alkyl halides is 1. The second-order valence-electron chi connectivity index (χ2n) is 3.86. The summed E-state index contributed by atoms with van der Waals surface area (Å²) in [6, 6.07) is 19.5. The van der Waals surface area contributed by atoms with Crippen molar-refractivity contribution >= 4 is 11.6 Å². The van der Waals surface area contributed by atoms with Crippen molar-refractivity contribution in [2.75, 3.05) is 0 Å². The van der Waals surface area contributed by atoms with Gasteiger partial charge in [-0.2, -0.15) is 0 Å². The molecule has 0 aliphatic carbocycles. The second-order valence-corrected chi connectivity index (χ2v) is 4.47. The zero-order valence-electron chi connectivity index (χ0n) is 9.77. The lowest BCUT2D eigenvalue weighted by Gasteiger charge is -2.27. The minimum atomic E-state index is -0.789. The number of ether oxygens (including phenoxy) is 1. The molecule has 0 N–H and O–H groups in total. The van der Waals surface area contributed by atoms with Gasteiger partial charge in [-0.05, 0) is 12.1 Å². The third-order valence-corrected chi connectivity index (χ3v) is 3.25. The van der Waals surface area contributed by atoms with Crippen molar-refractivity contribution < 1.29 is 4.74 Å². The molecule has 1 unspecified atom stereocenters. The van der Waals surface area contributed by atoms with Gasteiger partial charge in [-0.3, -0.25) is 0 Å². The Kier molecular flexibility index (Phi) is 3.70. The lowest BCUT2D eigenvalue weighted by molar-refractivity contribution is 0.153. The van der Waals surface area contributed by atoms with Gasteiger partial charge in [-0.1, -0.05) is 67.1 Å².